The lowest BCUT2D eigenvalue weighted by Crippen LogP contribution is -3.00. The largest absolute Gasteiger partial charge is 1.00 e. The molecule has 0 aliphatic heterocycles. The summed E-state index contributed by atoms with van der Waals surface area (Å²) in [7, 11) is 0. The number of fused-ring (bicyclic) bond motifs is 1. The molecule has 0 saturated carbocycles. The minimum Gasteiger partial charge on any atom is -1.00 e. The highest BCUT2D eigenvalue weighted by molar-refractivity contribution is 5.79. The number of rotatable bonds is 2. The first-order valence-corrected chi connectivity index (χ1v) is 4.78. The molecule has 16 heavy (non-hydrogen) atoms. The Kier molecular flexibility index (Phi) is 4.01. The fourth-order valence-electron chi connectivity index (χ4n) is 1.71. The first-order valence-electron chi connectivity index (χ1n) is 4.78. The van der Waals surface area contributed by atoms with Crippen molar-refractivity contribution in [2.45, 2.75) is 13.5 Å². The van der Waals surface area contributed by atoms with Crippen LogP contribution in [0.5, 0.6) is 0 Å². The van der Waals surface area contributed by atoms with E-state index in [2.05, 4.69) is 0 Å². The number of aryl methyl sites for hydroxylation is 1. The predicted molar refractivity (Wildman–Crippen MR) is 56.5 cm³/mol. The average molecular weight is 282 g/mol. The SMILES string of the molecule is Cc1cc[n+](CC(=O)O)c2ccccc12.[Br-]. The zero-order valence-electron chi connectivity index (χ0n) is 8.85. The molecule has 3 nitrogen and oxygen atoms in total. The number of carboxylic acids is 1. The van der Waals surface area contributed by atoms with Gasteiger partial charge in [-0.3, -0.25) is 0 Å². The third-order valence-corrected chi connectivity index (χ3v) is 2.45. The van der Waals surface area contributed by atoms with Gasteiger partial charge in [-0.05, 0) is 18.6 Å². The third kappa shape index (κ3) is 2.39. The van der Waals surface area contributed by atoms with E-state index < -0.39 is 5.97 Å². The molecule has 0 spiro atoms. The maximum Gasteiger partial charge on any atom is 0.370 e. The van der Waals surface area contributed by atoms with Crippen LogP contribution in [0, 0.1) is 6.92 Å². The van der Waals surface area contributed by atoms with Gasteiger partial charge in [-0.25, -0.2) is 4.79 Å². The Morgan fingerprint density at radius 2 is 2.00 bits per heavy atom. The first-order chi connectivity index (χ1) is 7.18. The van der Waals surface area contributed by atoms with Gasteiger partial charge in [0.15, 0.2) is 6.20 Å². The summed E-state index contributed by atoms with van der Waals surface area (Å²) >= 11 is 0. The van der Waals surface area contributed by atoms with Crippen LogP contribution in [0.2, 0.25) is 0 Å². The molecule has 0 atom stereocenters. The topological polar surface area (TPSA) is 41.2 Å². The second kappa shape index (κ2) is 5.07. The zero-order chi connectivity index (χ0) is 10.8. The maximum atomic E-state index is 10.7. The minimum atomic E-state index is -0.825. The van der Waals surface area contributed by atoms with E-state index in [4.69, 9.17) is 5.11 Å². The molecular weight excluding hydrogens is 270 g/mol. The van der Waals surface area contributed by atoms with Crippen LogP contribution in [0.15, 0.2) is 36.5 Å². The van der Waals surface area contributed by atoms with Crippen LogP contribution < -0.4 is 21.5 Å². The van der Waals surface area contributed by atoms with Crippen molar-refractivity contribution in [1.82, 2.24) is 0 Å². The minimum absolute atomic E-state index is 0. The van der Waals surface area contributed by atoms with Crippen molar-refractivity contribution in [3.05, 3.63) is 42.1 Å². The van der Waals surface area contributed by atoms with Crippen LogP contribution in [0.1, 0.15) is 5.56 Å². The summed E-state index contributed by atoms with van der Waals surface area (Å²) in [4.78, 5) is 10.7. The summed E-state index contributed by atoms with van der Waals surface area (Å²) in [6, 6.07) is 9.75. The van der Waals surface area contributed by atoms with Crippen LogP contribution in [-0.4, -0.2) is 11.1 Å². The summed E-state index contributed by atoms with van der Waals surface area (Å²) in [6.45, 7) is 2.02. The summed E-state index contributed by atoms with van der Waals surface area (Å²) in [5.74, 6) is -0.825. The van der Waals surface area contributed by atoms with Gasteiger partial charge in [0.05, 0.1) is 0 Å². The van der Waals surface area contributed by atoms with Gasteiger partial charge in [0.1, 0.15) is 0 Å². The standard InChI is InChI=1S/C12H11NO2.BrH/c1-9-6-7-13(8-12(14)15)11-5-3-2-4-10(9)11;/h2-7H,8H2,1H3;1H. The molecule has 2 aromatic rings. The number of benzene rings is 1. The first kappa shape index (κ1) is 12.6. The fraction of sp³-hybridized carbons (Fsp3) is 0.167. The molecule has 0 unspecified atom stereocenters. The molecule has 0 fully saturated rings. The van der Waals surface area contributed by atoms with Crippen LogP contribution >= 0.6 is 0 Å². The van der Waals surface area contributed by atoms with Crippen molar-refractivity contribution in [3.8, 4) is 0 Å². The molecule has 84 valence electrons. The van der Waals surface area contributed by atoms with E-state index in [1.54, 1.807) is 4.57 Å². The van der Waals surface area contributed by atoms with E-state index in [0.717, 1.165) is 16.5 Å². The quantitative estimate of drug-likeness (QED) is 0.683. The van der Waals surface area contributed by atoms with E-state index in [0.29, 0.717) is 0 Å². The van der Waals surface area contributed by atoms with E-state index in [9.17, 15) is 4.79 Å². The van der Waals surface area contributed by atoms with Crippen LogP contribution in [-0.2, 0) is 11.3 Å². The second-order valence-corrected chi connectivity index (χ2v) is 3.54. The summed E-state index contributed by atoms with van der Waals surface area (Å²) in [5, 5.41) is 9.87. The van der Waals surface area contributed by atoms with Gasteiger partial charge >= 0.3 is 5.97 Å². The number of aromatic nitrogens is 1. The highest BCUT2D eigenvalue weighted by Crippen LogP contribution is 2.13. The number of aliphatic carboxylic acids is 1. The highest BCUT2D eigenvalue weighted by Gasteiger charge is 2.12. The molecule has 0 radical (unpaired) electrons. The summed E-state index contributed by atoms with van der Waals surface area (Å²) < 4.78 is 1.74. The van der Waals surface area contributed by atoms with Crippen molar-refractivity contribution in [2.75, 3.05) is 0 Å². The van der Waals surface area contributed by atoms with Crippen LogP contribution in [0.25, 0.3) is 10.9 Å². The number of para-hydroxylation sites is 1. The molecule has 0 amide bonds. The molecule has 1 aromatic carbocycles. The molecule has 0 saturated heterocycles. The van der Waals surface area contributed by atoms with Crippen LogP contribution in [0.4, 0.5) is 0 Å². The van der Waals surface area contributed by atoms with Gasteiger partial charge in [-0.1, -0.05) is 12.1 Å². The molecule has 0 aliphatic rings. The van der Waals surface area contributed by atoms with E-state index in [-0.39, 0.29) is 23.5 Å². The van der Waals surface area contributed by atoms with Gasteiger partial charge in [0, 0.05) is 17.5 Å². The molecule has 1 aromatic heterocycles. The normalized spacial score (nSPS) is 9.81. The monoisotopic (exact) mass is 281 g/mol. The number of hydrogen-bond acceptors (Lipinski definition) is 1. The Balaban J connectivity index is 0.00000128. The Hall–Kier alpha value is -1.42. The average Bonchev–Trinajstić information content (AvgIpc) is 2.22. The molecule has 1 heterocycles. The van der Waals surface area contributed by atoms with E-state index in [1.165, 1.54) is 0 Å². The maximum absolute atomic E-state index is 10.7. The number of hydrogen-bond donors (Lipinski definition) is 1. The Labute approximate surface area is 104 Å². The van der Waals surface area contributed by atoms with Crippen molar-refractivity contribution in [1.29, 1.82) is 0 Å². The Bertz CT molecular complexity index is 525. The third-order valence-electron chi connectivity index (χ3n) is 2.45. The molecule has 4 heteroatoms. The Morgan fingerprint density at radius 1 is 1.31 bits per heavy atom. The molecular formula is C12H12BrNO2. The van der Waals surface area contributed by atoms with Gasteiger partial charge in [0.2, 0.25) is 12.1 Å². The Morgan fingerprint density at radius 3 is 2.69 bits per heavy atom. The lowest BCUT2D eigenvalue weighted by Gasteiger charge is -2.01. The molecule has 0 aliphatic carbocycles. The molecule has 0 bridgehead atoms. The number of halogens is 1. The molecule has 1 N–H and O–H groups in total. The van der Waals surface area contributed by atoms with Gasteiger partial charge in [-0.15, -0.1) is 0 Å². The zero-order valence-corrected chi connectivity index (χ0v) is 10.4. The van der Waals surface area contributed by atoms with Gasteiger partial charge in [0.25, 0.3) is 0 Å². The second-order valence-electron chi connectivity index (χ2n) is 3.54. The smallest absolute Gasteiger partial charge is 0.370 e. The summed E-state index contributed by atoms with van der Waals surface area (Å²) in [5.41, 5.74) is 2.12. The van der Waals surface area contributed by atoms with Crippen molar-refractivity contribution >= 4 is 16.9 Å². The fourth-order valence-corrected chi connectivity index (χ4v) is 1.71. The molecule has 2 rings (SSSR count). The number of nitrogens with zero attached hydrogens (tertiary/aromatic N) is 1. The lowest BCUT2D eigenvalue weighted by molar-refractivity contribution is -0.660. The number of pyridine rings is 1. The predicted octanol–water partition coefficient (Wildman–Crippen LogP) is -1.48. The number of carboxylic acid groups (broad SMARTS) is 1. The van der Waals surface area contributed by atoms with Crippen molar-refractivity contribution < 1.29 is 31.4 Å². The van der Waals surface area contributed by atoms with E-state index >= 15 is 0 Å². The lowest BCUT2D eigenvalue weighted by atomic mass is 10.1. The van der Waals surface area contributed by atoms with Gasteiger partial charge in [-0.2, -0.15) is 4.57 Å². The van der Waals surface area contributed by atoms with Crippen molar-refractivity contribution in [3.63, 3.8) is 0 Å². The van der Waals surface area contributed by atoms with Crippen LogP contribution in [0.3, 0.4) is 0 Å². The van der Waals surface area contributed by atoms with Gasteiger partial charge < -0.3 is 22.1 Å². The van der Waals surface area contributed by atoms with Crippen molar-refractivity contribution in [2.24, 2.45) is 0 Å². The van der Waals surface area contributed by atoms with E-state index in [1.807, 2.05) is 43.5 Å². The number of carbonyl (C=O) groups is 1. The highest BCUT2D eigenvalue weighted by atomic mass is 79.9. The summed E-state index contributed by atoms with van der Waals surface area (Å²) in [6.07, 6.45) is 1.81.